The Kier molecular flexibility index (Phi) is 13.9. The highest BCUT2D eigenvalue weighted by Crippen LogP contribution is 2.10. The zero-order valence-electron chi connectivity index (χ0n) is 20.1. The van der Waals surface area contributed by atoms with Gasteiger partial charge in [0.05, 0.1) is 12.5 Å². The first-order chi connectivity index (χ1) is 16.2. The fourth-order valence-electron chi connectivity index (χ4n) is 2.85. The van der Waals surface area contributed by atoms with E-state index in [0.717, 1.165) is 0 Å². The van der Waals surface area contributed by atoms with E-state index in [-0.39, 0.29) is 25.3 Å². The number of aliphatic hydroxyl groups is 1. The second kappa shape index (κ2) is 15.4. The number of amides is 3. The fourth-order valence-corrected chi connectivity index (χ4v) is 2.85. The molecule has 0 rings (SSSR count). The number of aliphatic imine (C=N–C) groups is 1. The van der Waals surface area contributed by atoms with Gasteiger partial charge in [0.2, 0.25) is 17.7 Å². The number of carboxylic acid groups (broad SMARTS) is 2. The minimum Gasteiger partial charge on any atom is -0.481 e. The maximum Gasteiger partial charge on any atom is 0.326 e. The number of nitrogens with one attached hydrogen (secondary N) is 3. The lowest BCUT2D eigenvalue weighted by Crippen LogP contribution is -2.58. The number of hydrogen-bond donors (Lipinski definition) is 9. The van der Waals surface area contributed by atoms with Crippen molar-refractivity contribution in [1.29, 1.82) is 0 Å². The second-order valence-corrected chi connectivity index (χ2v) is 8.15. The Labute approximate surface area is 202 Å². The molecule has 35 heavy (non-hydrogen) atoms. The number of carbonyl (C=O) groups is 5. The first kappa shape index (κ1) is 31.5. The van der Waals surface area contributed by atoms with Crippen molar-refractivity contribution in [2.75, 3.05) is 6.54 Å². The molecule has 0 saturated carbocycles. The van der Waals surface area contributed by atoms with E-state index in [1.165, 1.54) is 6.92 Å². The van der Waals surface area contributed by atoms with Crippen LogP contribution < -0.4 is 33.2 Å². The molecule has 15 nitrogen and oxygen atoms in total. The maximum atomic E-state index is 12.9. The van der Waals surface area contributed by atoms with Crippen LogP contribution in [0.15, 0.2) is 4.99 Å². The molecule has 0 heterocycles. The molecule has 0 radical (unpaired) electrons. The van der Waals surface area contributed by atoms with Gasteiger partial charge in [-0.3, -0.25) is 24.2 Å². The van der Waals surface area contributed by atoms with Gasteiger partial charge >= 0.3 is 11.9 Å². The van der Waals surface area contributed by atoms with Gasteiger partial charge in [-0.25, -0.2) is 4.79 Å². The zero-order valence-corrected chi connectivity index (χ0v) is 20.1. The predicted molar refractivity (Wildman–Crippen MR) is 125 cm³/mol. The fraction of sp³-hybridized carbons (Fsp3) is 0.700. The van der Waals surface area contributed by atoms with Crippen molar-refractivity contribution in [2.45, 2.75) is 76.7 Å². The monoisotopic (exact) mass is 503 g/mol. The van der Waals surface area contributed by atoms with Gasteiger partial charge in [0, 0.05) is 6.54 Å². The molecule has 200 valence electrons. The normalized spacial score (nSPS) is 15.9. The average Bonchev–Trinajstić information content (AvgIpc) is 2.76. The molecule has 0 bridgehead atoms. The average molecular weight is 504 g/mol. The van der Waals surface area contributed by atoms with Gasteiger partial charge in [-0.1, -0.05) is 20.3 Å². The highest BCUT2D eigenvalue weighted by Gasteiger charge is 2.33. The second-order valence-electron chi connectivity index (χ2n) is 8.15. The molecule has 15 heteroatoms. The number of carbonyl (C=O) groups excluding carboxylic acids is 3. The lowest BCUT2D eigenvalue weighted by Gasteiger charge is -2.26. The third kappa shape index (κ3) is 12.0. The van der Waals surface area contributed by atoms with E-state index in [4.69, 9.17) is 22.3 Å². The lowest BCUT2D eigenvalue weighted by molar-refractivity contribution is -0.144. The smallest absolute Gasteiger partial charge is 0.326 e. The van der Waals surface area contributed by atoms with Crippen molar-refractivity contribution in [3.05, 3.63) is 0 Å². The van der Waals surface area contributed by atoms with Crippen LogP contribution in [-0.2, 0) is 24.0 Å². The molecule has 0 aliphatic rings. The summed E-state index contributed by atoms with van der Waals surface area (Å²) in [5.41, 5.74) is 16.1. The largest absolute Gasteiger partial charge is 0.481 e. The Hall–Kier alpha value is -3.46. The van der Waals surface area contributed by atoms with Gasteiger partial charge in [0.1, 0.15) is 24.2 Å². The number of aliphatic hydroxyl groups excluding tert-OH is 1. The van der Waals surface area contributed by atoms with Crippen molar-refractivity contribution in [3.63, 3.8) is 0 Å². The number of nitrogens with zero attached hydrogens (tertiary/aromatic N) is 1. The quantitative estimate of drug-likeness (QED) is 0.0574. The Morgan fingerprint density at radius 3 is 1.91 bits per heavy atom. The van der Waals surface area contributed by atoms with Gasteiger partial charge in [-0.15, -0.1) is 0 Å². The van der Waals surface area contributed by atoms with Crippen LogP contribution in [0.4, 0.5) is 0 Å². The first-order valence-electron chi connectivity index (χ1n) is 11.1. The van der Waals surface area contributed by atoms with Crippen LogP contribution in [0.5, 0.6) is 0 Å². The van der Waals surface area contributed by atoms with E-state index >= 15 is 0 Å². The summed E-state index contributed by atoms with van der Waals surface area (Å²) >= 11 is 0. The maximum absolute atomic E-state index is 12.9. The Bertz CT molecular complexity index is 785. The van der Waals surface area contributed by atoms with Crippen LogP contribution >= 0.6 is 0 Å². The van der Waals surface area contributed by atoms with E-state index < -0.39 is 72.3 Å². The minimum atomic E-state index is -1.62. The van der Waals surface area contributed by atoms with Gasteiger partial charge in [-0.2, -0.15) is 0 Å². The topological polar surface area (TPSA) is 273 Å². The number of carboxylic acids is 2. The third-order valence-corrected chi connectivity index (χ3v) is 5.19. The van der Waals surface area contributed by atoms with Crippen LogP contribution in [0.3, 0.4) is 0 Å². The van der Waals surface area contributed by atoms with Gasteiger partial charge in [-0.05, 0) is 25.7 Å². The number of nitrogens with two attached hydrogens (primary N) is 3. The molecule has 6 unspecified atom stereocenters. The summed E-state index contributed by atoms with van der Waals surface area (Å²) in [5, 5.41) is 34.9. The number of rotatable bonds is 16. The molecular weight excluding hydrogens is 466 g/mol. The molecule has 0 spiro atoms. The minimum absolute atomic E-state index is 0.0257. The van der Waals surface area contributed by atoms with Crippen molar-refractivity contribution < 1.29 is 39.3 Å². The molecule has 12 N–H and O–H groups in total. The molecular formula is C20H37N7O8. The van der Waals surface area contributed by atoms with E-state index in [1.54, 1.807) is 13.8 Å². The molecule has 0 fully saturated rings. The van der Waals surface area contributed by atoms with E-state index in [2.05, 4.69) is 20.9 Å². The molecule has 3 amide bonds. The summed E-state index contributed by atoms with van der Waals surface area (Å²) in [6.45, 7) is 4.73. The Morgan fingerprint density at radius 1 is 0.914 bits per heavy atom. The van der Waals surface area contributed by atoms with Crippen LogP contribution in [-0.4, -0.2) is 87.8 Å². The highest BCUT2D eigenvalue weighted by molar-refractivity contribution is 5.95. The Morgan fingerprint density at radius 2 is 1.46 bits per heavy atom. The summed E-state index contributed by atoms with van der Waals surface area (Å²) in [5.74, 6) is -6.11. The van der Waals surface area contributed by atoms with Crippen LogP contribution in [0.1, 0.15) is 46.5 Å². The molecule has 0 aromatic heterocycles. The van der Waals surface area contributed by atoms with Gasteiger partial charge < -0.3 is 48.5 Å². The lowest BCUT2D eigenvalue weighted by atomic mass is 9.98. The number of aliphatic carboxylic acids is 2. The summed E-state index contributed by atoms with van der Waals surface area (Å²) < 4.78 is 0. The number of guanidine groups is 1. The van der Waals surface area contributed by atoms with Crippen molar-refractivity contribution in [3.8, 4) is 0 Å². The standard InChI is InChI=1S/C20H37N7O8/c1-4-9(2)15(19(34)35)27-16(31)11(6-5-7-24-20(22)23)25-17(32)12(8-13(29)30)26-18(33)14(21)10(3)28/h9-12,14-15,28H,4-8,21H2,1-3H3,(H,25,32)(H,26,33)(H,27,31)(H,29,30)(H,34,35)(H4,22,23,24). The number of hydrogen-bond acceptors (Lipinski definition) is 8. The predicted octanol–water partition coefficient (Wildman–Crippen LogP) is -3.19. The first-order valence-corrected chi connectivity index (χ1v) is 11.1. The van der Waals surface area contributed by atoms with Gasteiger partial charge in [0.15, 0.2) is 5.96 Å². The van der Waals surface area contributed by atoms with Crippen LogP contribution in [0.2, 0.25) is 0 Å². The van der Waals surface area contributed by atoms with Gasteiger partial charge in [0.25, 0.3) is 0 Å². The molecule has 0 saturated heterocycles. The Balaban J connectivity index is 5.71. The van der Waals surface area contributed by atoms with Crippen molar-refractivity contribution in [2.24, 2.45) is 28.1 Å². The highest BCUT2D eigenvalue weighted by atomic mass is 16.4. The molecule has 0 aromatic rings. The summed E-state index contributed by atoms with van der Waals surface area (Å²) in [7, 11) is 0. The van der Waals surface area contributed by atoms with Crippen LogP contribution in [0.25, 0.3) is 0 Å². The third-order valence-electron chi connectivity index (χ3n) is 5.19. The van der Waals surface area contributed by atoms with Crippen molar-refractivity contribution >= 4 is 35.6 Å². The molecule has 6 atom stereocenters. The van der Waals surface area contributed by atoms with E-state index in [1.807, 2.05) is 0 Å². The molecule has 0 aliphatic carbocycles. The summed E-state index contributed by atoms with van der Waals surface area (Å²) in [6.07, 6.45) is -1.47. The van der Waals surface area contributed by atoms with E-state index in [0.29, 0.717) is 6.42 Å². The molecule has 0 aromatic carbocycles. The van der Waals surface area contributed by atoms with Crippen LogP contribution in [0, 0.1) is 5.92 Å². The summed E-state index contributed by atoms with van der Waals surface area (Å²) in [4.78, 5) is 64.4. The van der Waals surface area contributed by atoms with E-state index in [9.17, 15) is 34.2 Å². The summed E-state index contributed by atoms with van der Waals surface area (Å²) in [6, 6.07) is -5.57. The molecule has 0 aliphatic heterocycles. The zero-order chi connectivity index (χ0) is 27.3. The van der Waals surface area contributed by atoms with Crippen molar-refractivity contribution in [1.82, 2.24) is 16.0 Å². The SMILES string of the molecule is CCC(C)C(NC(=O)C(CCCN=C(N)N)NC(=O)C(CC(=O)O)NC(=O)C(N)C(C)O)C(=O)O.